The van der Waals surface area contributed by atoms with Gasteiger partial charge in [-0.05, 0) is 24.6 Å². The molecule has 0 saturated carbocycles. The van der Waals surface area contributed by atoms with E-state index < -0.39 is 10.0 Å². The number of ether oxygens (including phenoxy) is 1. The number of rotatable bonds is 7. The van der Waals surface area contributed by atoms with E-state index >= 15 is 0 Å². The molecule has 0 fully saturated rings. The molecule has 0 heterocycles. The van der Waals surface area contributed by atoms with E-state index in [1.165, 1.54) is 24.4 Å². The molecule has 20 heavy (non-hydrogen) atoms. The van der Waals surface area contributed by atoms with Gasteiger partial charge in [0, 0.05) is 19.5 Å². The minimum atomic E-state index is -3.61. The first kappa shape index (κ1) is 16.7. The highest BCUT2D eigenvalue weighted by atomic mass is 32.2. The van der Waals surface area contributed by atoms with E-state index in [0.29, 0.717) is 24.4 Å². The zero-order chi connectivity index (χ0) is 15.3. The SMILES string of the molecule is CCN(CC)S(=O)(=O)c1cc(CC(C)=O)ccc1OC. The van der Waals surface area contributed by atoms with Crippen LogP contribution >= 0.6 is 0 Å². The van der Waals surface area contributed by atoms with Crippen molar-refractivity contribution in [3.8, 4) is 5.75 Å². The number of methoxy groups -OCH3 is 1. The van der Waals surface area contributed by atoms with Crippen LogP contribution in [0.3, 0.4) is 0 Å². The van der Waals surface area contributed by atoms with Crippen molar-refractivity contribution < 1.29 is 17.9 Å². The molecule has 0 aliphatic heterocycles. The number of nitrogens with zero attached hydrogens (tertiary/aromatic N) is 1. The van der Waals surface area contributed by atoms with Gasteiger partial charge in [-0.1, -0.05) is 19.9 Å². The van der Waals surface area contributed by atoms with Crippen LogP contribution in [-0.2, 0) is 21.2 Å². The summed E-state index contributed by atoms with van der Waals surface area (Å²) in [7, 11) is -2.17. The molecule has 0 amide bonds. The highest BCUT2D eigenvalue weighted by molar-refractivity contribution is 7.89. The van der Waals surface area contributed by atoms with E-state index in [9.17, 15) is 13.2 Å². The molecule has 0 radical (unpaired) electrons. The van der Waals surface area contributed by atoms with Gasteiger partial charge in [-0.2, -0.15) is 4.31 Å². The average Bonchev–Trinajstić information content (AvgIpc) is 2.39. The number of ketones is 1. The Bertz CT molecular complexity index is 577. The fraction of sp³-hybridized carbons (Fsp3) is 0.500. The number of hydrogen-bond donors (Lipinski definition) is 0. The summed E-state index contributed by atoms with van der Waals surface area (Å²) in [5, 5.41) is 0. The van der Waals surface area contributed by atoms with Crippen molar-refractivity contribution in [2.45, 2.75) is 32.1 Å². The van der Waals surface area contributed by atoms with E-state index in [2.05, 4.69) is 0 Å². The van der Waals surface area contributed by atoms with E-state index in [0.717, 1.165) is 0 Å². The van der Waals surface area contributed by atoms with Crippen LogP contribution in [0.15, 0.2) is 23.1 Å². The van der Waals surface area contributed by atoms with E-state index in [4.69, 9.17) is 4.74 Å². The molecule has 6 heteroatoms. The molecule has 0 unspecified atom stereocenters. The molecule has 0 spiro atoms. The Morgan fingerprint density at radius 2 is 1.85 bits per heavy atom. The Balaban J connectivity index is 3.36. The Labute approximate surface area is 120 Å². The fourth-order valence-corrected chi connectivity index (χ4v) is 3.69. The third kappa shape index (κ3) is 3.58. The summed E-state index contributed by atoms with van der Waals surface area (Å²) in [6.45, 7) is 5.82. The summed E-state index contributed by atoms with van der Waals surface area (Å²) in [5.41, 5.74) is 0.670. The molecule has 112 valence electrons. The monoisotopic (exact) mass is 299 g/mol. The van der Waals surface area contributed by atoms with Gasteiger partial charge in [0.25, 0.3) is 0 Å². The van der Waals surface area contributed by atoms with Gasteiger partial charge in [-0.25, -0.2) is 8.42 Å². The van der Waals surface area contributed by atoms with Gasteiger partial charge in [-0.15, -0.1) is 0 Å². The van der Waals surface area contributed by atoms with Crippen LogP contribution in [0.5, 0.6) is 5.75 Å². The van der Waals surface area contributed by atoms with Crippen LogP contribution in [0, 0.1) is 0 Å². The molecule has 0 aromatic heterocycles. The molecule has 0 atom stereocenters. The van der Waals surface area contributed by atoms with Gasteiger partial charge in [0.05, 0.1) is 7.11 Å². The molecule has 0 saturated heterocycles. The zero-order valence-corrected chi connectivity index (χ0v) is 13.2. The van der Waals surface area contributed by atoms with E-state index in [1.807, 2.05) is 0 Å². The van der Waals surface area contributed by atoms with Crippen LogP contribution in [-0.4, -0.2) is 38.7 Å². The largest absolute Gasteiger partial charge is 0.495 e. The zero-order valence-electron chi connectivity index (χ0n) is 12.3. The molecule has 0 aliphatic carbocycles. The number of hydrogen-bond acceptors (Lipinski definition) is 4. The van der Waals surface area contributed by atoms with Crippen molar-refractivity contribution >= 4 is 15.8 Å². The molecule has 0 N–H and O–H groups in total. The first-order valence-electron chi connectivity index (χ1n) is 6.53. The quantitative estimate of drug-likeness (QED) is 0.771. The Morgan fingerprint density at radius 3 is 2.30 bits per heavy atom. The van der Waals surface area contributed by atoms with Gasteiger partial charge in [0.2, 0.25) is 10.0 Å². The minimum Gasteiger partial charge on any atom is -0.495 e. The number of carbonyl (C=O) groups excluding carboxylic acids is 1. The maximum absolute atomic E-state index is 12.6. The third-order valence-electron chi connectivity index (χ3n) is 3.00. The second kappa shape index (κ2) is 6.85. The molecular formula is C14H21NO4S. The Kier molecular flexibility index (Phi) is 5.71. The van der Waals surface area contributed by atoms with Crippen molar-refractivity contribution in [3.05, 3.63) is 23.8 Å². The lowest BCUT2D eigenvalue weighted by molar-refractivity contribution is -0.116. The predicted molar refractivity (Wildman–Crippen MR) is 77.5 cm³/mol. The van der Waals surface area contributed by atoms with Crippen LogP contribution in [0.25, 0.3) is 0 Å². The normalized spacial score (nSPS) is 11.7. The highest BCUT2D eigenvalue weighted by Gasteiger charge is 2.25. The van der Waals surface area contributed by atoms with Crippen LogP contribution in [0.4, 0.5) is 0 Å². The van der Waals surface area contributed by atoms with Gasteiger partial charge >= 0.3 is 0 Å². The summed E-state index contributed by atoms with van der Waals surface area (Å²) in [6, 6.07) is 4.82. The lowest BCUT2D eigenvalue weighted by atomic mass is 10.1. The Morgan fingerprint density at radius 1 is 1.25 bits per heavy atom. The van der Waals surface area contributed by atoms with Crippen molar-refractivity contribution in [2.75, 3.05) is 20.2 Å². The van der Waals surface area contributed by atoms with Crippen molar-refractivity contribution in [2.24, 2.45) is 0 Å². The minimum absolute atomic E-state index is 0.0126. The van der Waals surface area contributed by atoms with Crippen LogP contribution < -0.4 is 4.74 Å². The van der Waals surface area contributed by atoms with Gasteiger partial charge in [-0.3, -0.25) is 4.79 Å². The van der Waals surface area contributed by atoms with Crippen molar-refractivity contribution in [1.29, 1.82) is 0 Å². The van der Waals surface area contributed by atoms with Gasteiger partial charge in [0.15, 0.2) is 0 Å². The molecule has 0 aliphatic rings. The maximum Gasteiger partial charge on any atom is 0.246 e. The molecular weight excluding hydrogens is 278 g/mol. The average molecular weight is 299 g/mol. The fourth-order valence-electron chi connectivity index (χ4n) is 2.02. The van der Waals surface area contributed by atoms with Crippen LogP contribution in [0.1, 0.15) is 26.3 Å². The summed E-state index contributed by atoms with van der Waals surface area (Å²) >= 11 is 0. The molecule has 1 aromatic rings. The lowest BCUT2D eigenvalue weighted by Gasteiger charge is -2.20. The van der Waals surface area contributed by atoms with Crippen molar-refractivity contribution in [3.63, 3.8) is 0 Å². The van der Waals surface area contributed by atoms with E-state index in [-0.39, 0.29) is 17.1 Å². The van der Waals surface area contributed by atoms with Gasteiger partial charge in [0.1, 0.15) is 16.4 Å². The number of carbonyl (C=O) groups is 1. The van der Waals surface area contributed by atoms with Crippen molar-refractivity contribution in [1.82, 2.24) is 4.31 Å². The Hall–Kier alpha value is -1.40. The maximum atomic E-state index is 12.6. The number of sulfonamides is 1. The molecule has 0 bridgehead atoms. The first-order valence-corrected chi connectivity index (χ1v) is 7.97. The topological polar surface area (TPSA) is 63.7 Å². The third-order valence-corrected chi connectivity index (χ3v) is 5.08. The second-order valence-electron chi connectivity index (χ2n) is 4.45. The number of benzene rings is 1. The summed E-state index contributed by atoms with van der Waals surface area (Å²) in [6.07, 6.45) is 0.213. The first-order chi connectivity index (χ1) is 9.36. The summed E-state index contributed by atoms with van der Waals surface area (Å²) in [5.74, 6) is 0.283. The van der Waals surface area contributed by atoms with Gasteiger partial charge < -0.3 is 4.74 Å². The molecule has 1 aromatic carbocycles. The van der Waals surface area contributed by atoms with Crippen LogP contribution in [0.2, 0.25) is 0 Å². The summed E-state index contributed by atoms with van der Waals surface area (Å²) in [4.78, 5) is 11.3. The molecule has 5 nitrogen and oxygen atoms in total. The summed E-state index contributed by atoms with van der Waals surface area (Å²) < 4.78 is 31.6. The lowest BCUT2D eigenvalue weighted by Crippen LogP contribution is -2.31. The second-order valence-corrected chi connectivity index (χ2v) is 6.36. The standard InChI is InChI=1S/C14H21NO4S/c1-5-15(6-2)20(17,18)14-10-12(9-11(3)16)7-8-13(14)19-4/h7-8,10H,5-6,9H2,1-4H3. The molecule has 1 rings (SSSR count). The predicted octanol–water partition coefficient (Wildman–Crippen LogP) is 1.86. The smallest absolute Gasteiger partial charge is 0.246 e. The number of Topliss-reactive ketones (excluding diaryl/α,β-unsaturated/α-hetero) is 1. The highest BCUT2D eigenvalue weighted by Crippen LogP contribution is 2.28. The van der Waals surface area contributed by atoms with E-state index in [1.54, 1.807) is 26.0 Å².